The second kappa shape index (κ2) is 6.64. The first-order valence-electron chi connectivity index (χ1n) is 6.85. The summed E-state index contributed by atoms with van der Waals surface area (Å²) in [4.78, 5) is 7.31. The first kappa shape index (κ1) is 14.7. The van der Waals surface area contributed by atoms with Crippen molar-refractivity contribution in [3.05, 3.63) is 38.5 Å². The number of aromatic nitrogens is 1. The summed E-state index contributed by atoms with van der Waals surface area (Å²) in [5.74, 6) is 0.576. The maximum Gasteiger partial charge on any atom is 0.109 e. The summed E-state index contributed by atoms with van der Waals surface area (Å²) < 4.78 is 0. The Morgan fingerprint density at radius 1 is 1.32 bits per heavy atom. The molecule has 0 radical (unpaired) electrons. The minimum Gasteiger partial charge on any atom is -0.300 e. The van der Waals surface area contributed by atoms with Crippen molar-refractivity contribution in [1.82, 2.24) is 10.3 Å². The molecule has 0 aliphatic carbocycles. The molecular weight excluding hydrogens is 272 g/mol. The molecule has 0 bridgehead atoms. The molecule has 19 heavy (non-hydrogen) atoms. The maximum absolute atomic E-state index is 4.54. The smallest absolute Gasteiger partial charge is 0.109 e. The highest BCUT2D eigenvalue weighted by Crippen LogP contribution is 2.30. The van der Waals surface area contributed by atoms with Gasteiger partial charge in [-0.3, -0.25) is 0 Å². The number of aryl methyl sites for hydroxylation is 1. The van der Waals surface area contributed by atoms with Crippen molar-refractivity contribution in [2.75, 3.05) is 0 Å². The number of hydrogen-bond donors (Lipinski definition) is 1. The van der Waals surface area contributed by atoms with Crippen LogP contribution in [0.1, 0.15) is 54.5 Å². The van der Waals surface area contributed by atoms with Crippen molar-refractivity contribution < 1.29 is 0 Å². The normalized spacial score (nSPS) is 14.8. The minimum atomic E-state index is 0.305. The van der Waals surface area contributed by atoms with Crippen molar-refractivity contribution in [2.24, 2.45) is 5.92 Å². The van der Waals surface area contributed by atoms with Gasteiger partial charge in [0.25, 0.3) is 0 Å². The lowest BCUT2D eigenvalue weighted by molar-refractivity contribution is 0.379. The largest absolute Gasteiger partial charge is 0.300 e. The van der Waals surface area contributed by atoms with Gasteiger partial charge in [0.15, 0.2) is 0 Å². The third-order valence-corrected chi connectivity index (χ3v) is 5.52. The van der Waals surface area contributed by atoms with Crippen LogP contribution in [0.3, 0.4) is 0 Å². The Bertz CT molecular complexity index is 488. The maximum atomic E-state index is 4.54. The Balaban J connectivity index is 2.09. The number of nitrogens with one attached hydrogen (secondary N) is 1. The van der Waals surface area contributed by atoms with Crippen molar-refractivity contribution in [2.45, 2.75) is 46.2 Å². The van der Waals surface area contributed by atoms with E-state index in [2.05, 4.69) is 55.5 Å². The topological polar surface area (TPSA) is 24.9 Å². The van der Waals surface area contributed by atoms with E-state index in [-0.39, 0.29) is 0 Å². The molecule has 2 rings (SSSR count). The number of thiazole rings is 1. The van der Waals surface area contributed by atoms with Crippen molar-refractivity contribution >= 4 is 22.7 Å². The summed E-state index contributed by atoms with van der Waals surface area (Å²) in [6.45, 7) is 8.92. The standard InChI is InChI=1S/C15H22N2S2/c1-5-12-9-16-15(19-12)11(4)17-14(10(2)3)13-7-6-8-18-13/h6-11,14,17H,5H2,1-4H3. The van der Waals surface area contributed by atoms with Gasteiger partial charge in [-0.05, 0) is 30.7 Å². The zero-order chi connectivity index (χ0) is 13.8. The SMILES string of the molecule is CCc1cnc(C(C)NC(c2cccs2)C(C)C)s1. The third kappa shape index (κ3) is 3.65. The van der Waals surface area contributed by atoms with Crippen LogP contribution in [0.25, 0.3) is 0 Å². The second-order valence-corrected chi connectivity index (χ2v) is 7.27. The van der Waals surface area contributed by atoms with Gasteiger partial charge in [-0.25, -0.2) is 4.98 Å². The molecule has 0 fully saturated rings. The molecule has 4 heteroatoms. The van der Waals surface area contributed by atoms with Crippen LogP contribution in [0.2, 0.25) is 0 Å². The van der Waals surface area contributed by atoms with Crippen LogP contribution < -0.4 is 5.32 Å². The first-order chi connectivity index (χ1) is 9.11. The zero-order valence-corrected chi connectivity index (χ0v) is 13.6. The van der Waals surface area contributed by atoms with Crippen LogP contribution in [-0.4, -0.2) is 4.98 Å². The average Bonchev–Trinajstić information content (AvgIpc) is 3.05. The van der Waals surface area contributed by atoms with E-state index in [9.17, 15) is 0 Å². The summed E-state index contributed by atoms with van der Waals surface area (Å²) >= 11 is 3.65. The molecule has 2 unspecified atom stereocenters. The van der Waals surface area contributed by atoms with Gasteiger partial charge in [0.05, 0.1) is 6.04 Å². The fraction of sp³-hybridized carbons (Fsp3) is 0.533. The molecule has 2 aromatic rings. The van der Waals surface area contributed by atoms with E-state index >= 15 is 0 Å². The van der Waals surface area contributed by atoms with Crippen LogP contribution in [0.15, 0.2) is 23.7 Å². The van der Waals surface area contributed by atoms with Gasteiger partial charge in [-0.2, -0.15) is 0 Å². The van der Waals surface area contributed by atoms with E-state index in [1.54, 1.807) is 0 Å². The molecule has 0 spiro atoms. The molecular formula is C15H22N2S2. The molecule has 2 aromatic heterocycles. The van der Waals surface area contributed by atoms with E-state index in [1.807, 2.05) is 28.9 Å². The number of hydrogen-bond acceptors (Lipinski definition) is 4. The Kier molecular flexibility index (Phi) is 5.13. The Labute approximate surface area is 123 Å². The molecule has 1 N–H and O–H groups in total. The molecule has 0 aliphatic rings. The molecule has 2 atom stereocenters. The van der Waals surface area contributed by atoms with Gasteiger partial charge in [-0.15, -0.1) is 22.7 Å². The molecule has 2 nitrogen and oxygen atoms in total. The predicted molar refractivity (Wildman–Crippen MR) is 84.9 cm³/mol. The zero-order valence-electron chi connectivity index (χ0n) is 12.0. The second-order valence-electron chi connectivity index (χ2n) is 5.14. The molecule has 0 aromatic carbocycles. The lowest BCUT2D eigenvalue weighted by atomic mass is 10.0. The highest BCUT2D eigenvalue weighted by atomic mass is 32.1. The average molecular weight is 294 g/mol. The van der Waals surface area contributed by atoms with Gasteiger partial charge in [0.2, 0.25) is 0 Å². The fourth-order valence-corrected chi connectivity index (χ4v) is 3.93. The number of rotatable bonds is 6. The summed E-state index contributed by atoms with van der Waals surface area (Å²) in [6.07, 6.45) is 3.08. The molecule has 0 saturated carbocycles. The van der Waals surface area contributed by atoms with E-state index in [4.69, 9.17) is 0 Å². The van der Waals surface area contributed by atoms with Gasteiger partial charge in [-0.1, -0.05) is 26.8 Å². The Morgan fingerprint density at radius 2 is 2.11 bits per heavy atom. The molecule has 0 saturated heterocycles. The quantitative estimate of drug-likeness (QED) is 0.826. The molecule has 104 valence electrons. The summed E-state index contributed by atoms with van der Waals surface area (Å²) in [7, 11) is 0. The van der Waals surface area contributed by atoms with E-state index in [1.165, 1.54) is 14.8 Å². The minimum absolute atomic E-state index is 0.305. The van der Waals surface area contributed by atoms with Gasteiger partial charge < -0.3 is 5.32 Å². The van der Waals surface area contributed by atoms with Crippen molar-refractivity contribution in [3.63, 3.8) is 0 Å². The molecule has 2 heterocycles. The Hall–Kier alpha value is -0.710. The van der Waals surface area contributed by atoms with E-state index in [0.29, 0.717) is 18.0 Å². The van der Waals surface area contributed by atoms with Crippen molar-refractivity contribution in [3.8, 4) is 0 Å². The number of thiophene rings is 1. The monoisotopic (exact) mass is 294 g/mol. The summed E-state index contributed by atoms with van der Waals surface area (Å²) in [5, 5.41) is 7.07. The van der Waals surface area contributed by atoms with Crippen molar-refractivity contribution in [1.29, 1.82) is 0 Å². The van der Waals surface area contributed by atoms with Crippen LogP contribution in [0.4, 0.5) is 0 Å². The van der Waals surface area contributed by atoms with Crippen LogP contribution in [0, 0.1) is 5.92 Å². The van der Waals surface area contributed by atoms with Gasteiger partial charge >= 0.3 is 0 Å². The first-order valence-corrected chi connectivity index (χ1v) is 8.55. The lowest BCUT2D eigenvalue weighted by Crippen LogP contribution is -2.27. The van der Waals surface area contributed by atoms with E-state index in [0.717, 1.165) is 6.42 Å². The van der Waals surface area contributed by atoms with Crippen LogP contribution >= 0.6 is 22.7 Å². The summed E-state index contributed by atoms with van der Waals surface area (Å²) in [5.41, 5.74) is 0. The number of nitrogens with zero attached hydrogens (tertiary/aromatic N) is 1. The van der Waals surface area contributed by atoms with Crippen LogP contribution in [-0.2, 0) is 6.42 Å². The molecule has 0 aliphatic heterocycles. The summed E-state index contributed by atoms with van der Waals surface area (Å²) in [6, 6.07) is 5.05. The van der Waals surface area contributed by atoms with Gasteiger partial charge in [0.1, 0.15) is 5.01 Å². The molecule has 0 amide bonds. The predicted octanol–water partition coefficient (Wildman–Crippen LogP) is 4.81. The van der Waals surface area contributed by atoms with Crippen LogP contribution in [0.5, 0.6) is 0 Å². The highest BCUT2D eigenvalue weighted by Gasteiger charge is 2.20. The Morgan fingerprint density at radius 3 is 2.63 bits per heavy atom. The highest BCUT2D eigenvalue weighted by molar-refractivity contribution is 7.11. The van der Waals surface area contributed by atoms with Gasteiger partial charge in [0, 0.05) is 22.0 Å². The third-order valence-electron chi connectivity index (χ3n) is 3.24. The lowest BCUT2D eigenvalue weighted by Gasteiger charge is -2.24. The fourth-order valence-electron chi connectivity index (χ4n) is 2.10. The van der Waals surface area contributed by atoms with E-state index < -0.39 is 0 Å².